The van der Waals surface area contributed by atoms with E-state index in [0.29, 0.717) is 10.5 Å². The summed E-state index contributed by atoms with van der Waals surface area (Å²) in [6.45, 7) is 3.80. The van der Waals surface area contributed by atoms with Gasteiger partial charge in [0.25, 0.3) is 0 Å². The van der Waals surface area contributed by atoms with Gasteiger partial charge in [-0.25, -0.2) is 8.42 Å². The molecular weight excluding hydrogens is 358 g/mol. The van der Waals surface area contributed by atoms with Crippen LogP contribution in [0.3, 0.4) is 0 Å². The number of nitrogens with zero attached hydrogens (tertiary/aromatic N) is 1. The molecule has 3 rings (SSSR count). The maximum atomic E-state index is 13.3. The summed E-state index contributed by atoms with van der Waals surface area (Å²) in [6, 6.07) is 6.84. The first kappa shape index (κ1) is 20.0. The molecule has 1 heterocycles. The van der Waals surface area contributed by atoms with Crippen LogP contribution in [0, 0.1) is 6.92 Å². The normalized spacial score (nSPS) is 24.3. The average molecular weight is 388 g/mol. The van der Waals surface area contributed by atoms with Gasteiger partial charge in [0.15, 0.2) is 5.78 Å². The van der Waals surface area contributed by atoms with E-state index in [9.17, 15) is 13.2 Å². The highest BCUT2D eigenvalue weighted by Gasteiger charge is 2.36. The van der Waals surface area contributed by atoms with E-state index in [1.54, 1.807) is 23.4 Å². The molecule has 0 N–H and O–H groups in total. The highest BCUT2D eigenvalue weighted by Crippen LogP contribution is 2.32. The molecular formula is C22H29NO3S. The molecule has 27 heavy (non-hydrogen) atoms. The van der Waals surface area contributed by atoms with Crippen molar-refractivity contribution < 1.29 is 13.2 Å². The van der Waals surface area contributed by atoms with Crippen LogP contribution < -0.4 is 0 Å². The van der Waals surface area contributed by atoms with Gasteiger partial charge in [0.1, 0.15) is 0 Å². The van der Waals surface area contributed by atoms with Crippen molar-refractivity contribution >= 4 is 15.8 Å². The van der Waals surface area contributed by atoms with E-state index in [1.165, 1.54) is 0 Å². The first-order valence-corrected chi connectivity index (χ1v) is 11.3. The first-order valence-electron chi connectivity index (χ1n) is 9.90. The molecule has 0 saturated heterocycles. The quantitative estimate of drug-likeness (QED) is 0.764. The summed E-state index contributed by atoms with van der Waals surface area (Å²) in [5.74, 6) is 0.0200. The lowest BCUT2D eigenvalue weighted by Crippen LogP contribution is -2.36. The number of hydrogen-bond donors (Lipinski definition) is 0. The Kier molecular flexibility index (Phi) is 6.33. The Bertz CT molecular complexity index is 850. The third-order valence-electron chi connectivity index (χ3n) is 5.49. The van der Waals surface area contributed by atoms with Crippen LogP contribution in [0.25, 0.3) is 0 Å². The molecule has 146 valence electrons. The molecule has 1 aliphatic heterocycles. The minimum atomic E-state index is -3.59. The summed E-state index contributed by atoms with van der Waals surface area (Å²) < 4.78 is 28.2. The fraction of sp³-hybridized carbons (Fsp3) is 0.500. The summed E-state index contributed by atoms with van der Waals surface area (Å²) in [5, 5.41) is 0. The van der Waals surface area contributed by atoms with Crippen LogP contribution >= 0.6 is 0 Å². The molecule has 1 unspecified atom stereocenters. The number of rotatable bonds is 3. The summed E-state index contributed by atoms with van der Waals surface area (Å²) >= 11 is 0. The molecule has 2 bridgehead atoms. The number of aryl methyl sites for hydroxylation is 1. The molecule has 0 radical (unpaired) electrons. The number of fused-ring (bicyclic) bond motifs is 1. The van der Waals surface area contributed by atoms with E-state index < -0.39 is 10.0 Å². The molecule has 1 atom stereocenters. The largest absolute Gasteiger partial charge is 0.295 e. The Morgan fingerprint density at radius 3 is 2.41 bits per heavy atom. The van der Waals surface area contributed by atoms with Gasteiger partial charge in [-0.2, -0.15) is 4.31 Å². The molecule has 1 aromatic carbocycles. The van der Waals surface area contributed by atoms with Crippen molar-refractivity contribution in [3.63, 3.8) is 0 Å². The van der Waals surface area contributed by atoms with Gasteiger partial charge in [-0.3, -0.25) is 4.79 Å². The standard InChI is InChI=1S/C22H29NO3S/c1-17-11-13-21(14-12-17)27(25,26)23-16-19-15-20(23)9-7-5-3-4-6-8-10-22(19)18(2)24/h10-15,20H,3-9,16H2,1-2H3/b22-10-. The molecule has 4 nitrogen and oxygen atoms in total. The molecule has 1 aliphatic carbocycles. The molecule has 0 aromatic heterocycles. The monoisotopic (exact) mass is 387 g/mol. The third-order valence-corrected chi connectivity index (χ3v) is 7.38. The van der Waals surface area contributed by atoms with Gasteiger partial charge in [0.2, 0.25) is 10.0 Å². The number of ketones is 1. The minimum Gasteiger partial charge on any atom is -0.295 e. The SMILES string of the molecule is CC(=O)/C1=C/CCCCCCCC2C=C1CN2S(=O)(=O)c1ccc(C)cc1. The number of carbonyl (C=O) groups is 1. The van der Waals surface area contributed by atoms with Crippen LogP contribution in [0.4, 0.5) is 0 Å². The van der Waals surface area contributed by atoms with Gasteiger partial charge in [-0.1, -0.05) is 55.5 Å². The Morgan fingerprint density at radius 1 is 1.04 bits per heavy atom. The van der Waals surface area contributed by atoms with Gasteiger partial charge in [0.05, 0.1) is 4.90 Å². The predicted molar refractivity (Wildman–Crippen MR) is 108 cm³/mol. The lowest BCUT2D eigenvalue weighted by Gasteiger charge is -2.24. The van der Waals surface area contributed by atoms with Crippen molar-refractivity contribution in [3.8, 4) is 0 Å². The zero-order valence-electron chi connectivity index (χ0n) is 16.3. The van der Waals surface area contributed by atoms with Crippen LogP contribution in [0.5, 0.6) is 0 Å². The highest BCUT2D eigenvalue weighted by molar-refractivity contribution is 7.89. The molecule has 0 amide bonds. The molecule has 0 spiro atoms. The molecule has 0 saturated carbocycles. The van der Waals surface area contributed by atoms with Crippen molar-refractivity contribution in [1.82, 2.24) is 4.31 Å². The second-order valence-electron chi connectivity index (χ2n) is 7.64. The molecule has 5 heteroatoms. The van der Waals surface area contributed by atoms with Crippen molar-refractivity contribution in [3.05, 3.63) is 53.1 Å². The number of allylic oxidation sites excluding steroid dienone is 1. The van der Waals surface area contributed by atoms with Crippen LogP contribution in [-0.2, 0) is 14.8 Å². The number of benzene rings is 1. The second kappa shape index (κ2) is 8.53. The minimum absolute atomic E-state index is 0.0200. The summed E-state index contributed by atoms with van der Waals surface area (Å²) in [6.07, 6.45) is 11.2. The Balaban J connectivity index is 1.95. The highest BCUT2D eigenvalue weighted by atomic mass is 32.2. The van der Waals surface area contributed by atoms with Crippen molar-refractivity contribution in [1.29, 1.82) is 0 Å². The first-order chi connectivity index (χ1) is 12.9. The van der Waals surface area contributed by atoms with Crippen LogP contribution in [0.2, 0.25) is 0 Å². The average Bonchev–Trinajstić information content (AvgIpc) is 3.04. The Morgan fingerprint density at radius 2 is 1.70 bits per heavy atom. The second-order valence-corrected chi connectivity index (χ2v) is 9.53. The third kappa shape index (κ3) is 4.58. The number of carbonyl (C=O) groups excluding carboxylic acids is 1. The lowest BCUT2D eigenvalue weighted by atomic mass is 9.98. The van der Waals surface area contributed by atoms with E-state index in [-0.39, 0.29) is 18.4 Å². The van der Waals surface area contributed by atoms with Gasteiger partial charge >= 0.3 is 0 Å². The fourth-order valence-corrected chi connectivity index (χ4v) is 5.52. The van der Waals surface area contributed by atoms with E-state index in [4.69, 9.17) is 0 Å². The zero-order chi connectivity index (χ0) is 19.4. The Labute approximate surface area is 163 Å². The number of sulfonamides is 1. The zero-order valence-corrected chi connectivity index (χ0v) is 17.1. The van der Waals surface area contributed by atoms with Crippen LogP contribution in [-0.4, -0.2) is 31.1 Å². The smallest absolute Gasteiger partial charge is 0.243 e. The van der Waals surface area contributed by atoms with Gasteiger partial charge in [-0.15, -0.1) is 0 Å². The number of Topliss-reactive ketones (excluding diaryl/α,β-unsaturated/α-hetero) is 1. The van der Waals surface area contributed by atoms with E-state index in [1.807, 2.05) is 31.2 Å². The van der Waals surface area contributed by atoms with E-state index in [0.717, 1.165) is 56.1 Å². The maximum Gasteiger partial charge on any atom is 0.243 e. The summed E-state index contributed by atoms with van der Waals surface area (Å²) in [4.78, 5) is 12.5. The topological polar surface area (TPSA) is 54.5 Å². The number of hydrogen-bond acceptors (Lipinski definition) is 3. The molecule has 2 aliphatic rings. The van der Waals surface area contributed by atoms with Crippen LogP contribution in [0.1, 0.15) is 57.4 Å². The van der Waals surface area contributed by atoms with E-state index >= 15 is 0 Å². The van der Waals surface area contributed by atoms with Crippen LogP contribution in [0.15, 0.2) is 52.5 Å². The van der Waals surface area contributed by atoms with E-state index in [2.05, 4.69) is 0 Å². The predicted octanol–water partition coefficient (Wildman–Crippen LogP) is 4.55. The van der Waals surface area contributed by atoms with Crippen molar-refractivity contribution in [2.75, 3.05) is 6.54 Å². The maximum absolute atomic E-state index is 13.3. The summed E-state index contributed by atoms with van der Waals surface area (Å²) in [7, 11) is -3.59. The Hall–Kier alpha value is -1.72. The molecule has 0 fully saturated rings. The summed E-state index contributed by atoms with van der Waals surface area (Å²) in [5.41, 5.74) is 2.59. The molecule has 1 aromatic rings. The fourth-order valence-electron chi connectivity index (χ4n) is 3.94. The van der Waals surface area contributed by atoms with Gasteiger partial charge in [0, 0.05) is 18.2 Å². The van der Waals surface area contributed by atoms with Crippen molar-refractivity contribution in [2.45, 2.75) is 69.7 Å². The van der Waals surface area contributed by atoms with Gasteiger partial charge in [-0.05, 0) is 50.8 Å². The van der Waals surface area contributed by atoms with Gasteiger partial charge < -0.3 is 0 Å². The van der Waals surface area contributed by atoms with Crippen molar-refractivity contribution in [2.24, 2.45) is 0 Å². The lowest BCUT2D eigenvalue weighted by molar-refractivity contribution is -0.113.